The van der Waals surface area contributed by atoms with Crippen molar-refractivity contribution in [2.75, 3.05) is 13.6 Å². The van der Waals surface area contributed by atoms with Gasteiger partial charge in [-0.1, -0.05) is 39.5 Å². The summed E-state index contributed by atoms with van der Waals surface area (Å²) in [4.78, 5) is 2.58. The Balaban J connectivity index is 2.69. The molecule has 0 aliphatic heterocycles. The Morgan fingerprint density at radius 3 is 2.56 bits per heavy atom. The van der Waals surface area contributed by atoms with Gasteiger partial charge in [-0.3, -0.25) is 4.90 Å². The van der Waals surface area contributed by atoms with Crippen LogP contribution in [-0.4, -0.2) is 30.1 Å². The number of nitrogens with zero attached hydrogens (tertiary/aromatic N) is 1. The first-order chi connectivity index (χ1) is 8.59. The first-order valence-electron chi connectivity index (χ1n) is 8.02. The number of likely N-dealkylation sites (N-methyl/N-ethyl adjacent to an activating group) is 1. The van der Waals surface area contributed by atoms with Gasteiger partial charge in [0.2, 0.25) is 0 Å². The Kier molecular flexibility index (Phi) is 6.65. The van der Waals surface area contributed by atoms with Crippen molar-refractivity contribution in [3.8, 4) is 0 Å². The second kappa shape index (κ2) is 7.49. The SMILES string of the molecule is CCCC1CCCC(CN)(N(C)C(C)CC)CC1. The third-order valence-corrected chi connectivity index (χ3v) is 5.35. The monoisotopic (exact) mass is 254 g/mol. The molecule has 0 bridgehead atoms. The van der Waals surface area contributed by atoms with E-state index in [0.717, 1.165) is 12.5 Å². The second-order valence-corrected chi connectivity index (χ2v) is 6.38. The zero-order valence-electron chi connectivity index (χ0n) is 13.0. The van der Waals surface area contributed by atoms with Gasteiger partial charge in [-0.05, 0) is 45.6 Å². The van der Waals surface area contributed by atoms with E-state index in [1.165, 1.54) is 51.4 Å². The van der Waals surface area contributed by atoms with Gasteiger partial charge in [0.05, 0.1) is 0 Å². The summed E-state index contributed by atoms with van der Waals surface area (Å²) in [6, 6.07) is 0.649. The van der Waals surface area contributed by atoms with Crippen molar-refractivity contribution in [2.45, 2.75) is 83.7 Å². The quantitative estimate of drug-likeness (QED) is 0.731. The fourth-order valence-corrected chi connectivity index (χ4v) is 3.60. The smallest absolute Gasteiger partial charge is 0.0331 e. The highest BCUT2D eigenvalue weighted by atomic mass is 15.2. The van der Waals surface area contributed by atoms with E-state index in [1.54, 1.807) is 0 Å². The molecular weight excluding hydrogens is 220 g/mol. The van der Waals surface area contributed by atoms with E-state index in [9.17, 15) is 0 Å². The molecule has 108 valence electrons. The number of hydrogen-bond acceptors (Lipinski definition) is 2. The number of hydrogen-bond donors (Lipinski definition) is 1. The average Bonchev–Trinajstić information content (AvgIpc) is 2.61. The van der Waals surface area contributed by atoms with Crippen molar-refractivity contribution < 1.29 is 0 Å². The Hall–Kier alpha value is -0.0800. The van der Waals surface area contributed by atoms with Crippen LogP contribution in [-0.2, 0) is 0 Å². The largest absolute Gasteiger partial charge is 0.329 e. The molecule has 1 fully saturated rings. The summed E-state index contributed by atoms with van der Waals surface area (Å²) >= 11 is 0. The van der Waals surface area contributed by atoms with Crippen molar-refractivity contribution in [1.29, 1.82) is 0 Å². The van der Waals surface area contributed by atoms with E-state index in [2.05, 4.69) is 32.7 Å². The molecule has 0 radical (unpaired) electrons. The fourth-order valence-electron chi connectivity index (χ4n) is 3.60. The highest BCUT2D eigenvalue weighted by molar-refractivity contribution is 4.94. The lowest BCUT2D eigenvalue weighted by atomic mass is 9.86. The van der Waals surface area contributed by atoms with E-state index in [4.69, 9.17) is 5.73 Å². The van der Waals surface area contributed by atoms with E-state index in [1.807, 2.05) is 0 Å². The predicted octanol–water partition coefficient (Wildman–Crippen LogP) is 3.79. The second-order valence-electron chi connectivity index (χ2n) is 6.38. The Labute approximate surface area is 114 Å². The van der Waals surface area contributed by atoms with Crippen LogP contribution in [0.1, 0.15) is 72.1 Å². The van der Waals surface area contributed by atoms with Gasteiger partial charge in [0.15, 0.2) is 0 Å². The van der Waals surface area contributed by atoms with Crippen LogP contribution in [0.2, 0.25) is 0 Å². The Morgan fingerprint density at radius 2 is 2.00 bits per heavy atom. The summed E-state index contributed by atoms with van der Waals surface area (Å²) in [5.74, 6) is 0.953. The molecule has 0 amide bonds. The molecule has 0 spiro atoms. The van der Waals surface area contributed by atoms with Gasteiger partial charge < -0.3 is 5.73 Å². The first kappa shape index (κ1) is 16.0. The molecule has 2 N–H and O–H groups in total. The zero-order valence-corrected chi connectivity index (χ0v) is 13.0. The summed E-state index contributed by atoms with van der Waals surface area (Å²) in [5, 5.41) is 0. The summed E-state index contributed by atoms with van der Waals surface area (Å²) < 4.78 is 0. The average molecular weight is 254 g/mol. The highest BCUT2D eigenvalue weighted by Gasteiger charge is 2.36. The van der Waals surface area contributed by atoms with E-state index < -0.39 is 0 Å². The molecule has 1 aliphatic carbocycles. The van der Waals surface area contributed by atoms with Crippen molar-refractivity contribution in [2.24, 2.45) is 11.7 Å². The molecule has 0 saturated heterocycles. The van der Waals surface area contributed by atoms with E-state index >= 15 is 0 Å². The van der Waals surface area contributed by atoms with Crippen molar-refractivity contribution >= 4 is 0 Å². The van der Waals surface area contributed by atoms with E-state index in [0.29, 0.717) is 6.04 Å². The molecule has 0 aromatic carbocycles. The van der Waals surface area contributed by atoms with Gasteiger partial charge in [-0.2, -0.15) is 0 Å². The lowest BCUT2D eigenvalue weighted by Crippen LogP contribution is -2.55. The minimum Gasteiger partial charge on any atom is -0.329 e. The summed E-state index contributed by atoms with van der Waals surface area (Å²) in [5.41, 5.74) is 6.45. The van der Waals surface area contributed by atoms with Crippen LogP contribution in [0.15, 0.2) is 0 Å². The predicted molar refractivity (Wildman–Crippen MR) is 80.8 cm³/mol. The van der Waals surface area contributed by atoms with Gasteiger partial charge in [-0.15, -0.1) is 0 Å². The Morgan fingerprint density at radius 1 is 1.28 bits per heavy atom. The maximum atomic E-state index is 6.18. The van der Waals surface area contributed by atoms with Crippen LogP contribution in [0.4, 0.5) is 0 Å². The molecule has 1 aliphatic rings. The number of rotatable bonds is 6. The minimum absolute atomic E-state index is 0.276. The van der Waals surface area contributed by atoms with Crippen LogP contribution >= 0.6 is 0 Å². The standard InChI is InChI=1S/C16H34N2/c1-5-8-15-9-7-11-16(13-17,12-10-15)18(4)14(3)6-2/h14-15H,5-13,17H2,1-4H3. The zero-order chi connectivity index (χ0) is 13.6. The van der Waals surface area contributed by atoms with Crippen molar-refractivity contribution in [3.63, 3.8) is 0 Å². The third kappa shape index (κ3) is 3.71. The third-order valence-electron chi connectivity index (χ3n) is 5.35. The van der Waals surface area contributed by atoms with Crippen LogP contribution in [0, 0.1) is 5.92 Å². The van der Waals surface area contributed by atoms with Crippen molar-refractivity contribution in [3.05, 3.63) is 0 Å². The molecule has 0 heterocycles. The Bertz CT molecular complexity index is 229. The van der Waals surface area contributed by atoms with Crippen LogP contribution in [0.3, 0.4) is 0 Å². The molecule has 3 atom stereocenters. The molecule has 1 saturated carbocycles. The molecule has 18 heavy (non-hydrogen) atoms. The van der Waals surface area contributed by atoms with Gasteiger partial charge in [0.25, 0.3) is 0 Å². The number of nitrogens with two attached hydrogens (primary N) is 1. The molecule has 0 aromatic heterocycles. The van der Waals surface area contributed by atoms with Crippen LogP contribution < -0.4 is 5.73 Å². The van der Waals surface area contributed by atoms with Gasteiger partial charge >= 0.3 is 0 Å². The van der Waals surface area contributed by atoms with E-state index in [-0.39, 0.29) is 5.54 Å². The molecule has 3 unspecified atom stereocenters. The van der Waals surface area contributed by atoms with Crippen molar-refractivity contribution in [1.82, 2.24) is 4.90 Å². The fraction of sp³-hybridized carbons (Fsp3) is 1.00. The molecule has 1 rings (SSSR count). The summed E-state index contributed by atoms with van der Waals surface area (Å²) in [7, 11) is 2.29. The van der Waals surface area contributed by atoms with Crippen LogP contribution in [0.5, 0.6) is 0 Å². The van der Waals surface area contributed by atoms with Gasteiger partial charge in [-0.25, -0.2) is 0 Å². The molecule has 2 heteroatoms. The minimum atomic E-state index is 0.276. The highest BCUT2D eigenvalue weighted by Crippen LogP contribution is 2.36. The van der Waals surface area contributed by atoms with Gasteiger partial charge in [0.1, 0.15) is 0 Å². The molecule has 2 nitrogen and oxygen atoms in total. The summed E-state index contributed by atoms with van der Waals surface area (Å²) in [6.45, 7) is 7.76. The lowest BCUT2D eigenvalue weighted by Gasteiger charge is -2.44. The summed E-state index contributed by atoms with van der Waals surface area (Å²) in [6.07, 6.45) is 10.7. The van der Waals surface area contributed by atoms with Crippen LogP contribution in [0.25, 0.3) is 0 Å². The lowest BCUT2D eigenvalue weighted by molar-refractivity contribution is 0.0667. The molecular formula is C16H34N2. The molecule has 0 aromatic rings. The topological polar surface area (TPSA) is 29.3 Å². The first-order valence-corrected chi connectivity index (χ1v) is 8.02. The maximum absolute atomic E-state index is 6.18. The van der Waals surface area contributed by atoms with Gasteiger partial charge in [0, 0.05) is 18.1 Å². The normalized spacial score (nSPS) is 31.3. The maximum Gasteiger partial charge on any atom is 0.0331 e.